The van der Waals surface area contributed by atoms with Gasteiger partial charge < -0.3 is 19.0 Å². The van der Waals surface area contributed by atoms with Crippen LogP contribution < -0.4 is 4.74 Å². The average molecular weight is 497 g/mol. The standard InChI is InChI=1S/C29H24N2O6/c32-28(33)26-14-18-9-10-20(36-17-27-30-11-12-35-27)13-19(18)15-31(26)29(34)37-16-25-23-7-3-1-5-21(23)22-6-2-4-8-24(22)25/h1-13,25-26H,14-17H2,(H,32,33)/t26-/m0/s1. The molecule has 0 unspecified atom stereocenters. The van der Waals surface area contributed by atoms with Gasteiger partial charge in [0.15, 0.2) is 6.61 Å². The number of rotatable bonds is 6. The summed E-state index contributed by atoms with van der Waals surface area (Å²) in [4.78, 5) is 30.7. The number of carbonyl (C=O) groups excluding carboxylic acids is 1. The zero-order chi connectivity index (χ0) is 25.4. The molecule has 2 heterocycles. The number of fused-ring (bicyclic) bond motifs is 4. The second-order valence-corrected chi connectivity index (χ2v) is 9.14. The van der Waals surface area contributed by atoms with E-state index in [1.165, 1.54) is 11.2 Å². The first-order chi connectivity index (χ1) is 18.1. The third-order valence-electron chi connectivity index (χ3n) is 7.01. The average Bonchev–Trinajstić information content (AvgIpc) is 3.56. The molecule has 186 valence electrons. The molecule has 37 heavy (non-hydrogen) atoms. The summed E-state index contributed by atoms with van der Waals surface area (Å²) < 4.78 is 16.7. The summed E-state index contributed by atoms with van der Waals surface area (Å²) in [6.07, 6.45) is 2.56. The number of carbonyl (C=O) groups is 2. The van der Waals surface area contributed by atoms with E-state index in [0.29, 0.717) is 11.6 Å². The maximum Gasteiger partial charge on any atom is 0.410 e. The highest BCUT2D eigenvalue weighted by molar-refractivity contribution is 5.82. The zero-order valence-corrected chi connectivity index (χ0v) is 19.9. The third-order valence-corrected chi connectivity index (χ3v) is 7.01. The predicted molar refractivity (Wildman–Crippen MR) is 133 cm³/mol. The van der Waals surface area contributed by atoms with Crippen LogP contribution in [-0.4, -0.2) is 39.7 Å². The van der Waals surface area contributed by atoms with Crippen molar-refractivity contribution < 1.29 is 28.6 Å². The number of ether oxygens (including phenoxy) is 2. The molecule has 8 heteroatoms. The molecule has 0 fully saturated rings. The highest BCUT2D eigenvalue weighted by atomic mass is 16.6. The summed E-state index contributed by atoms with van der Waals surface area (Å²) >= 11 is 0. The Labute approximate surface area is 213 Å². The van der Waals surface area contributed by atoms with Crippen LogP contribution in [0.2, 0.25) is 0 Å². The van der Waals surface area contributed by atoms with E-state index in [9.17, 15) is 14.7 Å². The van der Waals surface area contributed by atoms with Crippen LogP contribution in [0, 0.1) is 0 Å². The van der Waals surface area contributed by atoms with Gasteiger partial charge in [0, 0.05) is 12.3 Å². The third kappa shape index (κ3) is 4.31. The molecule has 0 saturated heterocycles. The fraction of sp³-hybridized carbons (Fsp3) is 0.207. The second-order valence-electron chi connectivity index (χ2n) is 9.14. The quantitative estimate of drug-likeness (QED) is 0.400. The van der Waals surface area contributed by atoms with Gasteiger partial charge in [-0.05, 0) is 45.5 Å². The van der Waals surface area contributed by atoms with Crippen molar-refractivity contribution in [3.63, 3.8) is 0 Å². The van der Waals surface area contributed by atoms with Crippen molar-refractivity contribution in [2.75, 3.05) is 6.61 Å². The lowest BCUT2D eigenvalue weighted by Crippen LogP contribution is -2.49. The van der Waals surface area contributed by atoms with Gasteiger partial charge in [0.25, 0.3) is 0 Å². The van der Waals surface area contributed by atoms with Crippen LogP contribution >= 0.6 is 0 Å². The summed E-state index contributed by atoms with van der Waals surface area (Å²) in [6, 6.07) is 20.6. The maximum absolute atomic E-state index is 13.3. The monoisotopic (exact) mass is 496 g/mol. The Balaban J connectivity index is 1.19. The number of hydrogen-bond acceptors (Lipinski definition) is 6. The topological polar surface area (TPSA) is 102 Å². The van der Waals surface area contributed by atoms with Crippen LogP contribution in [0.5, 0.6) is 5.75 Å². The minimum Gasteiger partial charge on any atom is -0.484 e. The Morgan fingerprint density at radius 3 is 2.41 bits per heavy atom. The number of hydrogen-bond donors (Lipinski definition) is 1. The molecule has 0 spiro atoms. The van der Waals surface area contributed by atoms with Crippen LogP contribution in [-0.2, 0) is 29.1 Å². The van der Waals surface area contributed by atoms with Crippen molar-refractivity contribution in [1.82, 2.24) is 9.88 Å². The minimum atomic E-state index is -1.07. The largest absolute Gasteiger partial charge is 0.484 e. The van der Waals surface area contributed by atoms with Crippen molar-refractivity contribution >= 4 is 12.1 Å². The molecule has 8 nitrogen and oxygen atoms in total. The number of benzene rings is 3. The van der Waals surface area contributed by atoms with E-state index in [1.807, 2.05) is 48.5 Å². The van der Waals surface area contributed by atoms with E-state index in [1.54, 1.807) is 12.3 Å². The van der Waals surface area contributed by atoms with Gasteiger partial charge in [0.1, 0.15) is 24.7 Å². The van der Waals surface area contributed by atoms with Crippen molar-refractivity contribution in [3.8, 4) is 16.9 Å². The summed E-state index contributed by atoms with van der Waals surface area (Å²) in [6.45, 7) is 0.403. The molecular weight excluding hydrogens is 472 g/mol. The van der Waals surface area contributed by atoms with E-state index >= 15 is 0 Å². The van der Waals surface area contributed by atoms with Gasteiger partial charge in [-0.2, -0.15) is 0 Å². The highest BCUT2D eigenvalue weighted by Crippen LogP contribution is 2.44. The number of carboxylic acids is 1. The Morgan fingerprint density at radius 2 is 1.73 bits per heavy atom. The SMILES string of the molecule is O=C(O)[C@@H]1Cc2ccc(OCc3ncco3)cc2CN1C(=O)OCC1c2ccccc2-c2ccccc21. The highest BCUT2D eigenvalue weighted by Gasteiger charge is 2.37. The second kappa shape index (κ2) is 9.46. The molecule has 2 aliphatic rings. The molecule has 1 aliphatic carbocycles. The summed E-state index contributed by atoms with van der Waals surface area (Å²) in [5, 5.41) is 9.88. The Morgan fingerprint density at radius 1 is 1.00 bits per heavy atom. The van der Waals surface area contributed by atoms with E-state index in [-0.39, 0.29) is 32.1 Å². The number of amides is 1. The minimum absolute atomic E-state index is 0.105. The normalized spacial score (nSPS) is 16.0. The molecular formula is C29H24N2O6. The van der Waals surface area contributed by atoms with Crippen molar-refractivity contribution in [2.45, 2.75) is 31.5 Å². The van der Waals surface area contributed by atoms with Crippen LogP contribution in [0.15, 0.2) is 83.6 Å². The Kier molecular flexibility index (Phi) is 5.84. The van der Waals surface area contributed by atoms with Crippen molar-refractivity contribution in [3.05, 3.63) is 107 Å². The van der Waals surface area contributed by atoms with Crippen LogP contribution in [0.4, 0.5) is 4.79 Å². The van der Waals surface area contributed by atoms with Crippen molar-refractivity contribution in [2.24, 2.45) is 0 Å². The van der Waals surface area contributed by atoms with Crippen LogP contribution in [0.1, 0.15) is 34.1 Å². The van der Waals surface area contributed by atoms with Crippen LogP contribution in [0.3, 0.4) is 0 Å². The summed E-state index contributed by atoms with van der Waals surface area (Å²) in [7, 11) is 0. The Bertz CT molecular complexity index is 1420. The van der Waals surface area contributed by atoms with Gasteiger partial charge in [-0.15, -0.1) is 0 Å². The van der Waals surface area contributed by atoms with E-state index in [4.69, 9.17) is 13.9 Å². The lowest BCUT2D eigenvalue weighted by molar-refractivity contribution is -0.143. The molecule has 6 rings (SSSR count). The first-order valence-corrected chi connectivity index (χ1v) is 12.1. The van der Waals surface area contributed by atoms with Gasteiger partial charge in [-0.25, -0.2) is 14.6 Å². The number of nitrogens with zero attached hydrogens (tertiary/aromatic N) is 2. The predicted octanol–water partition coefficient (Wildman–Crippen LogP) is 5.01. The number of aliphatic carboxylic acids is 1. The Hall–Kier alpha value is -4.59. The first kappa shape index (κ1) is 22.8. The molecule has 1 amide bonds. The summed E-state index contributed by atoms with van der Waals surface area (Å²) in [5.74, 6) is -0.141. The van der Waals surface area contributed by atoms with Gasteiger partial charge in [0.05, 0.1) is 12.7 Å². The fourth-order valence-electron chi connectivity index (χ4n) is 5.21. The number of carboxylic acid groups (broad SMARTS) is 1. The van der Waals surface area contributed by atoms with E-state index < -0.39 is 18.1 Å². The molecule has 1 N–H and O–H groups in total. The molecule has 1 aliphatic heterocycles. The van der Waals surface area contributed by atoms with E-state index in [0.717, 1.165) is 33.4 Å². The first-order valence-electron chi connectivity index (χ1n) is 12.1. The lowest BCUT2D eigenvalue weighted by atomic mass is 9.94. The molecule has 3 aromatic carbocycles. The van der Waals surface area contributed by atoms with Gasteiger partial charge in [-0.3, -0.25) is 4.90 Å². The molecule has 4 aromatic rings. The molecule has 1 aromatic heterocycles. The lowest BCUT2D eigenvalue weighted by Gasteiger charge is -2.34. The summed E-state index contributed by atoms with van der Waals surface area (Å²) in [5.41, 5.74) is 6.14. The molecule has 0 bridgehead atoms. The zero-order valence-electron chi connectivity index (χ0n) is 19.9. The fourth-order valence-corrected chi connectivity index (χ4v) is 5.21. The van der Waals surface area contributed by atoms with Gasteiger partial charge in [-0.1, -0.05) is 54.6 Å². The van der Waals surface area contributed by atoms with E-state index in [2.05, 4.69) is 17.1 Å². The van der Waals surface area contributed by atoms with Crippen molar-refractivity contribution in [1.29, 1.82) is 0 Å². The number of oxazole rings is 1. The molecule has 1 atom stereocenters. The molecule has 0 radical (unpaired) electrons. The molecule has 0 saturated carbocycles. The van der Waals surface area contributed by atoms with Gasteiger partial charge in [0.2, 0.25) is 5.89 Å². The van der Waals surface area contributed by atoms with Gasteiger partial charge >= 0.3 is 12.1 Å². The maximum atomic E-state index is 13.3. The van der Waals surface area contributed by atoms with Crippen LogP contribution in [0.25, 0.3) is 11.1 Å². The number of aromatic nitrogens is 1. The smallest absolute Gasteiger partial charge is 0.410 e.